The van der Waals surface area contributed by atoms with Crippen LogP contribution in [-0.2, 0) is 4.79 Å². The highest BCUT2D eigenvalue weighted by Crippen LogP contribution is 2.36. The maximum absolute atomic E-state index is 12.8. The van der Waals surface area contributed by atoms with Gasteiger partial charge in [0.15, 0.2) is 4.32 Å². The predicted molar refractivity (Wildman–Crippen MR) is 107 cm³/mol. The van der Waals surface area contributed by atoms with Crippen molar-refractivity contribution in [2.24, 2.45) is 0 Å². The van der Waals surface area contributed by atoms with Crippen molar-refractivity contribution < 1.29 is 24.6 Å². The molecule has 0 radical (unpaired) electrons. The van der Waals surface area contributed by atoms with Gasteiger partial charge in [-0.3, -0.25) is 9.69 Å². The topological polar surface area (TPSA) is 94.9 Å². The van der Waals surface area contributed by atoms with Crippen LogP contribution in [0.2, 0.25) is 0 Å². The summed E-state index contributed by atoms with van der Waals surface area (Å²) in [7, 11) is 0. The lowest BCUT2D eigenvalue weighted by Gasteiger charge is -2.15. The number of hydrogen-bond acceptors (Lipinski definition) is 5. The first-order valence-electron chi connectivity index (χ1n) is 7.73. The molecule has 1 saturated heterocycles. The lowest BCUT2D eigenvalue weighted by Crippen LogP contribution is -2.27. The van der Waals surface area contributed by atoms with Crippen molar-refractivity contribution in [3.05, 3.63) is 69.6 Å². The summed E-state index contributed by atoms with van der Waals surface area (Å²) in [5, 5.41) is 18.2. The molecule has 1 amide bonds. The SMILES string of the molecule is Cc1ccc(N2C(=O)C(=Cc3ccc(C(=O)O)cc3)SC2=S)cc1C(=O)O. The Morgan fingerprint density at radius 2 is 1.74 bits per heavy atom. The van der Waals surface area contributed by atoms with Gasteiger partial charge in [0.1, 0.15) is 0 Å². The first-order chi connectivity index (χ1) is 12.8. The van der Waals surface area contributed by atoms with Crippen molar-refractivity contribution in [3.8, 4) is 0 Å². The summed E-state index contributed by atoms with van der Waals surface area (Å²) in [6.45, 7) is 1.68. The molecular weight excluding hydrogens is 386 g/mol. The van der Waals surface area contributed by atoms with Gasteiger partial charge in [-0.1, -0.05) is 42.2 Å². The van der Waals surface area contributed by atoms with Crippen molar-refractivity contribution in [1.29, 1.82) is 0 Å². The molecule has 1 aliphatic rings. The van der Waals surface area contributed by atoms with Crippen LogP contribution in [0.15, 0.2) is 47.4 Å². The molecule has 0 unspecified atom stereocenters. The van der Waals surface area contributed by atoms with E-state index in [0.717, 1.165) is 11.8 Å². The van der Waals surface area contributed by atoms with Crippen LogP contribution in [0.4, 0.5) is 5.69 Å². The molecule has 2 N–H and O–H groups in total. The fourth-order valence-electron chi connectivity index (χ4n) is 2.54. The Kier molecular flexibility index (Phi) is 5.11. The van der Waals surface area contributed by atoms with E-state index in [1.807, 2.05) is 0 Å². The van der Waals surface area contributed by atoms with E-state index in [9.17, 15) is 19.5 Å². The molecule has 2 aromatic carbocycles. The van der Waals surface area contributed by atoms with Gasteiger partial charge < -0.3 is 10.2 Å². The normalized spacial score (nSPS) is 15.4. The van der Waals surface area contributed by atoms with Crippen molar-refractivity contribution in [1.82, 2.24) is 0 Å². The van der Waals surface area contributed by atoms with Crippen LogP contribution in [0.3, 0.4) is 0 Å². The van der Waals surface area contributed by atoms with Gasteiger partial charge in [0.25, 0.3) is 5.91 Å². The third-order valence-corrected chi connectivity index (χ3v) is 5.26. The van der Waals surface area contributed by atoms with Crippen LogP contribution in [-0.4, -0.2) is 32.4 Å². The van der Waals surface area contributed by atoms with Gasteiger partial charge in [-0.15, -0.1) is 0 Å². The van der Waals surface area contributed by atoms with Crippen molar-refractivity contribution in [2.45, 2.75) is 6.92 Å². The minimum absolute atomic E-state index is 0.106. The summed E-state index contributed by atoms with van der Waals surface area (Å²) in [5.74, 6) is -2.46. The zero-order valence-corrected chi connectivity index (χ0v) is 15.6. The standard InChI is InChI=1S/C19H13NO5S2/c1-10-2-7-13(9-14(10)18(24)25)20-16(21)15(27-19(20)26)8-11-3-5-12(6-4-11)17(22)23/h2-9H,1H3,(H,22,23)(H,24,25). The highest BCUT2D eigenvalue weighted by Gasteiger charge is 2.33. The number of aryl methyl sites for hydroxylation is 1. The molecule has 27 heavy (non-hydrogen) atoms. The van der Waals surface area contributed by atoms with E-state index in [2.05, 4.69) is 0 Å². The molecule has 6 nitrogen and oxygen atoms in total. The summed E-state index contributed by atoms with van der Waals surface area (Å²) in [6.07, 6.45) is 1.62. The van der Waals surface area contributed by atoms with Crippen LogP contribution in [0.5, 0.6) is 0 Å². The second kappa shape index (κ2) is 7.34. The number of benzene rings is 2. The van der Waals surface area contributed by atoms with Crippen LogP contribution in [0.1, 0.15) is 31.8 Å². The van der Waals surface area contributed by atoms with E-state index in [-0.39, 0.29) is 17.0 Å². The Hall–Kier alpha value is -2.97. The second-order valence-electron chi connectivity index (χ2n) is 5.75. The largest absolute Gasteiger partial charge is 0.478 e. The number of rotatable bonds is 4. The predicted octanol–water partition coefficient (Wildman–Crippen LogP) is 3.80. The number of carboxylic acid groups (broad SMARTS) is 2. The Morgan fingerprint density at radius 1 is 1.07 bits per heavy atom. The van der Waals surface area contributed by atoms with Gasteiger partial charge in [-0.05, 0) is 48.4 Å². The maximum Gasteiger partial charge on any atom is 0.336 e. The Morgan fingerprint density at radius 3 is 2.33 bits per heavy atom. The van der Waals surface area contributed by atoms with Gasteiger partial charge in [-0.2, -0.15) is 0 Å². The summed E-state index contributed by atoms with van der Waals surface area (Å²) < 4.78 is 0.300. The monoisotopic (exact) mass is 399 g/mol. The smallest absolute Gasteiger partial charge is 0.336 e. The van der Waals surface area contributed by atoms with E-state index >= 15 is 0 Å². The number of carbonyl (C=O) groups excluding carboxylic acids is 1. The molecule has 1 heterocycles. The molecule has 0 bridgehead atoms. The zero-order valence-electron chi connectivity index (χ0n) is 14.0. The van der Waals surface area contributed by atoms with Gasteiger partial charge in [0.2, 0.25) is 0 Å². The van der Waals surface area contributed by atoms with E-state index < -0.39 is 11.9 Å². The number of aromatic carboxylic acids is 2. The average Bonchev–Trinajstić information content (AvgIpc) is 2.89. The minimum Gasteiger partial charge on any atom is -0.478 e. The number of anilines is 1. The number of nitrogens with zero attached hydrogens (tertiary/aromatic N) is 1. The van der Waals surface area contributed by atoms with Crippen LogP contribution >= 0.6 is 24.0 Å². The Bertz CT molecular complexity index is 1010. The molecule has 0 atom stereocenters. The van der Waals surface area contributed by atoms with E-state index in [1.54, 1.807) is 37.3 Å². The number of carboxylic acids is 2. The highest BCUT2D eigenvalue weighted by atomic mass is 32.2. The fraction of sp³-hybridized carbons (Fsp3) is 0.0526. The van der Waals surface area contributed by atoms with Crippen molar-refractivity contribution >= 4 is 57.9 Å². The third-order valence-electron chi connectivity index (χ3n) is 3.96. The lowest BCUT2D eigenvalue weighted by atomic mass is 10.1. The van der Waals surface area contributed by atoms with E-state index in [0.29, 0.717) is 26.0 Å². The third kappa shape index (κ3) is 3.76. The highest BCUT2D eigenvalue weighted by molar-refractivity contribution is 8.27. The molecule has 1 aliphatic heterocycles. The molecule has 0 aromatic heterocycles. The maximum atomic E-state index is 12.8. The van der Waals surface area contributed by atoms with Crippen molar-refractivity contribution in [2.75, 3.05) is 4.90 Å². The zero-order chi connectivity index (χ0) is 19.7. The lowest BCUT2D eigenvalue weighted by molar-refractivity contribution is -0.113. The average molecular weight is 399 g/mol. The molecule has 0 spiro atoms. The minimum atomic E-state index is -1.08. The molecule has 1 fully saturated rings. The second-order valence-corrected chi connectivity index (χ2v) is 7.42. The number of amides is 1. The summed E-state index contributed by atoms with van der Waals surface area (Å²) in [4.78, 5) is 36.7. The summed E-state index contributed by atoms with van der Waals surface area (Å²) in [6, 6.07) is 10.8. The molecule has 0 saturated carbocycles. The Labute approximate surface area is 164 Å². The number of thioether (sulfide) groups is 1. The van der Waals surface area contributed by atoms with E-state index in [1.165, 1.54) is 23.1 Å². The summed E-state index contributed by atoms with van der Waals surface area (Å²) in [5.41, 5.74) is 1.90. The van der Waals surface area contributed by atoms with Gasteiger partial charge >= 0.3 is 11.9 Å². The molecule has 3 rings (SSSR count). The first kappa shape index (κ1) is 18.8. The van der Waals surface area contributed by atoms with Crippen molar-refractivity contribution in [3.63, 3.8) is 0 Å². The molecular formula is C19H13NO5S2. The number of hydrogen-bond donors (Lipinski definition) is 2. The quantitative estimate of drug-likeness (QED) is 0.596. The molecule has 0 aliphatic carbocycles. The summed E-state index contributed by atoms with van der Waals surface area (Å²) >= 11 is 6.40. The first-order valence-corrected chi connectivity index (χ1v) is 8.95. The molecule has 8 heteroatoms. The number of thiocarbonyl (C=S) groups is 1. The molecule has 136 valence electrons. The van der Waals surface area contributed by atoms with E-state index in [4.69, 9.17) is 17.3 Å². The van der Waals surface area contributed by atoms with Gasteiger partial charge in [0, 0.05) is 0 Å². The van der Waals surface area contributed by atoms with Crippen LogP contribution < -0.4 is 4.90 Å². The molecule has 2 aromatic rings. The van der Waals surface area contributed by atoms with Gasteiger partial charge in [-0.25, -0.2) is 9.59 Å². The fourth-order valence-corrected chi connectivity index (χ4v) is 3.84. The van der Waals surface area contributed by atoms with Crippen LogP contribution in [0, 0.1) is 6.92 Å². The Balaban J connectivity index is 1.92. The van der Waals surface area contributed by atoms with Gasteiger partial charge in [0.05, 0.1) is 21.7 Å². The van der Waals surface area contributed by atoms with Crippen LogP contribution in [0.25, 0.3) is 6.08 Å². The number of carbonyl (C=O) groups is 3.